The third kappa shape index (κ3) is 5.65. The van der Waals surface area contributed by atoms with Crippen molar-refractivity contribution in [2.75, 3.05) is 28.4 Å². The lowest BCUT2D eigenvalue weighted by Gasteiger charge is -2.36. The Morgan fingerprint density at radius 2 is 1.56 bits per heavy atom. The highest BCUT2D eigenvalue weighted by Gasteiger charge is 2.33. The monoisotopic (exact) mass is 262 g/mol. The number of ether oxygens (including phenoxy) is 4. The highest BCUT2D eigenvalue weighted by atomic mass is 16.7. The predicted molar refractivity (Wildman–Crippen MR) is 72.8 cm³/mol. The van der Waals surface area contributed by atoms with E-state index in [0.717, 1.165) is 32.1 Å². The smallest absolute Gasteiger partial charge is 0.156 e. The summed E-state index contributed by atoms with van der Waals surface area (Å²) in [5.41, 5.74) is -0.239. The van der Waals surface area contributed by atoms with Crippen molar-refractivity contribution in [3.05, 3.63) is 0 Å². The summed E-state index contributed by atoms with van der Waals surface area (Å²) in [7, 11) is 6.84. The summed E-state index contributed by atoms with van der Waals surface area (Å²) in [6.07, 6.45) is 4.91. The van der Waals surface area contributed by atoms with Crippen molar-refractivity contribution in [1.29, 1.82) is 0 Å². The largest absolute Gasteiger partial charge is 0.378 e. The van der Waals surface area contributed by atoms with Crippen molar-refractivity contribution >= 4 is 0 Å². The van der Waals surface area contributed by atoms with Crippen LogP contribution in [0.4, 0.5) is 0 Å². The molecule has 0 aromatic heterocycles. The van der Waals surface area contributed by atoms with Gasteiger partial charge in [0, 0.05) is 28.4 Å². The molecule has 0 fully saturated rings. The molecule has 0 saturated heterocycles. The van der Waals surface area contributed by atoms with Gasteiger partial charge in [-0.1, -0.05) is 13.3 Å². The van der Waals surface area contributed by atoms with Gasteiger partial charge in [-0.25, -0.2) is 0 Å². The van der Waals surface area contributed by atoms with Crippen LogP contribution in [-0.2, 0) is 18.9 Å². The third-order valence-electron chi connectivity index (χ3n) is 3.62. The maximum absolute atomic E-state index is 5.69. The summed E-state index contributed by atoms with van der Waals surface area (Å²) < 4.78 is 21.6. The zero-order chi connectivity index (χ0) is 14.0. The molecule has 2 unspecified atom stereocenters. The van der Waals surface area contributed by atoms with Gasteiger partial charge in [-0.2, -0.15) is 0 Å². The summed E-state index contributed by atoms with van der Waals surface area (Å²) in [6, 6.07) is 0. The molecule has 110 valence electrons. The second-order valence-electron chi connectivity index (χ2n) is 4.82. The van der Waals surface area contributed by atoms with Crippen LogP contribution >= 0.6 is 0 Å². The van der Waals surface area contributed by atoms with E-state index in [-0.39, 0.29) is 18.0 Å². The minimum Gasteiger partial charge on any atom is -0.378 e. The Labute approximate surface area is 112 Å². The van der Waals surface area contributed by atoms with Crippen LogP contribution in [0.5, 0.6) is 0 Å². The Morgan fingerprint density at radius 3 is 1.94 bits per heavy atom. The molecule has 0 heterocycles. The topological polar surface area (TPSA) is 36.9 Å². The standard InChI is InChI=1S/C14H30O4/c1-7-9-12(15-3)14(2,18-6)11-8-10-13(16-4)17-5/h12-13H,7-11H2,1-6H3. The minimum absolute atomic E-state index is 0.127. The fraction of sp³-hybridized carbons (Fsp3) is 1.00. The molecule has 0 aliphatic heterocycles. The molecule has 18 heavy (non-hydrogen) atoms. The lowest BCUT2D eigenvalue weighted by atomic mass is 9.89. The van der Waals surface area contributed by atoms with E-state index in [9.17, 15) is 0 Å². The van der Waals surface area contributed by atoms with Crippen LogP contribution in [0.3, 0.4) is 0 Å². The third-order valence-corrected chi connectivity index (χ3v) is 3.62. The predicted octanol–water partition coefficient (Wildman–Crippen LogP) is 3.00. The van der Waals surface area contributed by atoms with E-state index in [1.54, 1.807) is 28.4 Å². The van der Waals surface area contributed by atoms with Gasteiger partial charge in [0.2, 0.25) is 0 Å². The molecule has 0 radical (unpaired) electrons. The molecule has 0 spiro atoms. The molecule has 0 aliphatic rings. The Kier molecular flexibility index (Phi) is 9.64. The number of rotatable bonds is 11. The summed E-state index contributed by atoms with van der Waals surface area (Å²) in [4.78, 5) is 0. The van der Waals surface area contributed by atoms with Crippen LogP contribution in [-0.4, -0.2) is 46.4 Å². The average Bonchev–Trinajstić information content (AvgIpc) is 2.40. The molecule has 0 aromatic rings. The Balaban J connectivity index is 4.28. The van der Waals surface area contributed by atoms with Crippen molar-refractivity contribution in [3.63, 3.8) is 0 Å². The zero-order valence-electron chi connectivity index (χ0n) is 12.8. The first-order valence-electron chi connectivity index (χ1n) is 6.71. The summed E-state index contributed by atoms with van der Waals surface area (Å²) in [5.74, 6) is 0. The average molecular weight is 262 g/mol. The van der Waals surface area contributed by atoms with E-state index in [2.05, 4.69) is 13.8 Å². The van der Waals surface area contributed by atoms with E-state index in [0.29, 0.717) is 0 Å². The molecule has 0 amide bonds. The van der Waals surface area contributed by atoms with Crippen LogP contribution < -0.4 is 0 Å². The van der Waals surface area contributed by atoms with Crippen molar-refractivity contribution < 1.29 is 18.9 Å². The molecular formula is C14H30O4. The van der Waals surface area contributed by atoms with E-state index in [1.807, 2.05) is 0 Å². The molecule has 4 nitrogen and oxygen atoms in total. The fourth-order valence-electron chi connectivity index (χ4n) is 2.28. The first-order valence-corrected chi connectivity index (χ1v) is 6.71. The maximum Gasteiger partial charge on any atom is 0.156 e. The lowest BCUT2D eigenvalue weighted by Crippen LogP contribution is -2.42. The number of hydrogen-bond donors (Lipinski definition) is 0. The highest BCUT2D eigenvalue weighted by molar-refractivity contribution is 4.84. The van der Waals surface area contributed by atoms with Gasteiger partial charge < -0.3 is 18.9 Å². The van der Waals surface area contributed by atoms with E-state index < -0.39 is 0 Å². The molecule has 0 saturated carbocycles. The van der Waals surface area contributed by atoms with Gasteiger partial charge in [0.25, 0.3) is 0 Å². The fourth-order valence-corrected chi connectivity index (χ4v) is 2.28. The molecule has 0 bridgehead atoms. The molecule has 2 atom stereocenters. The van der Waals surface area contributed by atoms with Crippen LogP contribution in [0, 0.1) is 0 Å². The van der Waals surface area contributed by atoms with Gasteiger partial charge in [-0.3, -0.25) is 0 Å². The van der Waals surface area contributed by atoms with Crippen LogP contribution in [0.15, 0.2) is 0 Å². The van der Waals surface area contributed by atoms with Gasteiger partial charge in [0.05, 0.1) is 11.7 Å². The SMILES string of the molecule is CCCC(OC)C(C)(CCCC(OC)OC)OC. The summed E-state index contributed by atoms with van der Waals surface area (Å²) in [5, 5.41) is 0. The Morgan fingerprint density at radius 1 is 0.944 bits per heavy atom. The van der Waals surface area contributed by atoms with Gasteiger partial charge in [-0.15, -0.1) is 0 Å². The van der Waals surface area contributed by atoms with Gasteiger partial charge >= 0.3 is 0 Å². The van der Waals surface area contributed by atoms with Crippen molar-refractivity contribution in [2.45, 2.75) is 63.9 Å². The molecule has 0 N–H and O–H groups in total. The first kappa shape index (κ1) is 17.8. The second-order valence-corrected chi connectivity index (χ2v) is 4.82. The highest BCUT2D eigenvalue weighted by Crippen LogP contribution is 2.27. The van der Waals surface area contributed by atoms with Crippen molar-refractivity contribution in [2.24, 2.45) is 0 Å². The first-order chi connectivity index (χ1) is 8.57. The quantitative estimate of drug-likeness (QED) is 0.536. The summed E-state index contributed by atoms with van der Waals surface area (Å²) in [6.45, 7) is 4.28. The lowest BCUT2D eigenvalue weighted by molar-refractivity contribution is -0.127. The van der Waals surface area contributed by atoms with Crippen LogP contribution in [0.1, 0.15) is 46.0 Å². The Bertz CT molecular complexity index is 194. The zero-order valence-corrected chi connectivity index (χ0v) is 12.8. The molecule has 0 rings (SSSR count). The minimum atomic E-state index is -0.239. The number of hydrogen-bond acceptors (Lipinski definition) is 4. The number of methoxy groups -OCH3 is 4. The normalized spacial score (nSPS) is 16.8. The molecule has 4 heteroatoms. The molecular weight excluding hydrogens is 232 g/mol. The van der Waals surface area contributed by atoms with Gasteiger partial charge in [0.15, 0.2) is 6.29 Å². The van der Waals surface area contributed by atoms with Gasteiger partial charge in [-0.05, 0) is 32.6 Å². The van der Waals surface area contributed by atoms with Crippen molar-refractivity contribution in [1.82, 2.24) is 0 Å². The van der Waals surface area contributed by atoms with E-state index in [4.69, 9.17) is 18.9 Å². The maximum atomic E-state index is 5.69. The Hall–Kier alpha value is -0.160. The second kappa shape index (κ2) is 9.73. The molecule has 0 aromatic carbocycles. The summed E-state index contributed by atoms with van der Waals surface area (Å²) >= 11 is 0. The molecule has 0 aliphatic carbocycles. The van der Waals surface area contributed by atoms with Crippen LogP contribution in [0.2, 0.25) is 0 Å². The van der Waals surface area contributed by atoms with E-state index in [1.165, 1.54) is 0 Å². The van der Waals surface area contributed by atoms with Crippen molar-refractivity contribution in [3.8, 4) is 0 Å². The van der Waals surface area contributed by atoms with E-state index >= 15 is 0 Å². The van der Waals surface area contributed by atoms with Crippen LogP contribution in [0.25, 0.3) is 0 Å². The van der Waals surface area contributed by atoms with Gasteiger partial charge in [0.1, 0.15) is 0 Å².